The molecule has 0 amide bonds. The highest BCUT2D eigenvalue weighted by molar-refractivity contribution is 7.16. The normalized spacial score (nSPS) is 21.0. The molecule has 1 unspecified atom stereocenters. The van der Waals surface area contributed by atoms with E-state index in [9.17, 15) is 0 Å². The predicted octanol–water partition coefficient (Wildman–Crippen LogP) is 4.47. The quantitative estimate of drug-likeness (QED) is 0.680. The fourth-order valence-electron chi connectivity index (χ4n) is 4.36. The molecule has 4 heterocycles. The van der Waals surface area contributed by atoms with E-state index in [1.807, 2.05) is 0 Å². The predicted molar refractivity (Wildman–Crippen MR) is 106 cm³/mol. The smallest absolute Gasteiger partial charge is 0.123 e. The second kappa shape index (κ2) is 6.11. The number of benzene rings is 1. The molecule has 128 valence electrons. The molecule has 0 bridgehead atoms. The number of aromatic nitrogens is 1. The molecule has 2 aliphatic rings. The molecular weight excluding hydrogens is 326 g/mol. The molecule has 3 nitrogen and oxygen atoms in total. The Hall–Kier alpha value is -1.91. The molecule has 0 N–H and O–H groups in total. The van der Waals surface area contributed by atoms with E-state index in [4.69, 9.17) is 0 Å². The van der Waals surface area contributed by atoms with Crippen molar-refractivity contribution >= 4 is 27.2 Å². The number of anilines is 1. The van der Waals surface area contributed by atoms with E-state index >= 15 is 0 Å². The summed E-state index contributed by atoms with van der Waals surface area (Å²) < 4.78 is 0. The average molecular weight is 350 g/mol. The highest BCUT2D eigenvalue weighted by Crippen LogP contribution is 2.36. The highest BCUT2D eigenvalue weighted by Gasteiger charge is 2.26. The molecule has 1 saturated heterocycles. The van der Waals surface area contributed by atoms with Crippen molar-refractivity contribution in [3.05, 3.63) is 58.6 Å². The molecule has 1 aromatic carbocycles. The Morgan fingerprint density at radius 1 is 1.12 bits per heavy atom. The van der Waals surface area contributed by atoms with Gasteiger partial charge < -0.3 is 9.80 Å². The zero-order valence-corrected chi connectivity index (χ0v) is 15.4. The summed E-state index contributed by atoms with van der Waals surface area (Å²) in [6.07, 6.45) is 4.73. The summed E-state index contributed by atoms with van der Waals surface area (Å²) >= 11 is 1.72. The van der Waals surface area contributed by atoms with Gasteiger partial charge in [0.15, 0.2) is 0 Å². The van der Waals surface area contributed by atoms with Crippen molar-refractivity contribution in [3.63, 3.8) is 0 Å². The molecule has 2 aliphatic heterocycles. The Bertz CT molecular complexity index is 910. The third kappa shape index (κ3) is 2.74. The van der Waals surface area contributed by atoms with Crippen molar-refractivity contribution in [1.29, 1.82) is 0 Å². The van der Waals surface area contributed by atoms with Gasteiger partial charge in [0.2, 0.25) is 0 Å². The maximum Gasteiger partial charge on any atom is 0.123 e. The van der Waals surface area contributed by atoms with Crippen LogP contribution in [0.5, 0.6) is 0 Å². The zero-order chi connectivity index (χ0) is 16.8. The number of rotatable bonds is 2. The van der Waals surface area contributed by atoms with E-state index in [1.54, 1.807) is 11.3 Å². The first-order valence-corrected chi connectivity index (χ1v) is 10.1. The van der Waals surface area contributed by atoms with Crippen molar-refractivity contribution in [2.24, 2.45) is 0 Å². The van der Waals surface area contributed by atoms with E-state index in [-0.39, 0.29) is 0 Å². The number of hydrogen-bond donors (Lipinski definition) is 0. The van der Waals surface area contributed by atoms with Gasteiger partial charge in [0.1, 0.15) is 4.83 Å². The number of fused-ring (bicyclic) bond motifs is 2. The van der Waals surface area contributed by atoms with Crippen LogP contribution >= 0.6 is 11.3 Å². The zero-order valence-electron chi connectivity index (χ0n) is 14.6. The van der Waals surface area contributed by atoms with Crippen LogP contribution in [0.1, 0.15) is 35.4 Å². The molecule has 0 saturated carbocycles. The topological polar surface area (TPSA) is 19.4 Å². The van der Waals surface area contributed by atoms with Crippen LogP contribution in [0.15, 0.2) is 41.9 Å². The van der Waals surface area contributed by atoms with Crippen LogP contribution in [0.4, 0.5) is 5.69 Å². The Balaban J connectivity index is 1.55. The summed E-state index contributed by atoms with van der Waals surface area (Å²) in [7, 11) is 2.23. The van der Waals surface area contributed by atoms with Crippen LogP contribution < -0.4 is 4.90 Å². The molecule has 1 fully saturated rings. The van der Waals surface area contributed by atoms with Crippen molar-refractivity contribution in [3.8, 4) is 0 Å². The van der Waals surface area contributed by atoms with Crippen LogP contribution in [-0.2, 0) is 6.54 Å². The van der Waals surface area contributed by atoms with Crippen molar-refractivity contribution < 1.29 is 0 Å². The molecule has 25 heavy (non-hydrogen) atoms. The molecule has 4 heteroatoms. The first-order valence-electron chi connectivity index (χ1n) is 9.17. The minimum absolute atomic E-state index is 0.415. The van der Waals surface area contributed by atoms with Crippen molar-refractivity contribution in [2.45, 2.75) is 25.3 Å². The first kappa shape index (κ1) is 15.4. The van der Waals surface area contributed by atoms with Gasteiger partial charge in [-0.1, -0.05) is 6.07 Å². The first-order chi connectivity index (χ1) is 12.3. The molecule has 0 spiro atoms. The van der Waals surface area contributed by atoms with Gasteiger partial charge in [-0.2, -0.15) is 0 Å². The van der Waals surface area contributed by atoms with E-state index < -0.39 is 0 Å². The molecule has 3 aromatic rings. The van der Waals surface area contributed by atoms with Gasteiger partial charge in [-0.05, 0) is 66.2 Å². The average Bonchev–Trinajstić information content (AvgIpc) is 3.31. The van der Waals surface area contributed by atoms with Gasteiger partial charge in [0, 0.05) is 49.4 Å². The van der Waals surface area contributed by atoms with Gasteiger partial charge in [-0.15, -0.1) is 11.3 Å². The number of pyridine rings is 1. The summed E-state index contributed by atoms with van der Waals surface area (Å²) in [5, 5.41) is 3.40. The van der Waals surface area contributed by atoms with Crippen molar-refractivity contribution in [1.82, 2.24) is 9.88 Å². The summed E-state index contributed by atoms with van der Waals surface area (Å²) in [4.78, 5) is 10.8. The lowest BCUT2D eigenvalue weighted by Crippen LogP contribution is -2.31. The van der Waals surface area contributed by atoms with Gasteiger partial charge in [-0.25, -0.2) is 4.98 Å². The van der Waals surface area contributed by atoms with Gasteiger partial charge in [0.25, 0.3) is 0 Å². The minimum atomic E-state index is 0.415. The van der Waals surface area contributed by atoms with Crippen molar-refractivity contribution in [2.75, 3.05) is 31.6 Å². The lowest BCUT2D eigenvalue weighted by Gasteiger charge is -2.33. The largest absolute Gasteiger partial charge is 0.372 e. The maximum absolute atomic E-state index is 4.69. The standard InChI is InChI=1S/C21H23N3S/c1-23-13-17-11-18(24-7-2-3-8-24)4-5-19(17)20(14-23)16-10-15-6-9-25-21(15)22-12-16/h4-6,9-12,20H,2-3,7-8,13-14H2,1H3. The van der Waals surface area contributed by atoms with Gasteiger partial charge in [-0.3, -0.25) is 0 Å². The highest BCUT2D eigenvalue weighted by atomic mass is 32.1. The third-order valence-corrected chi connectivity index (χ3v) is 6.47. The number of hydrogen-bond acceptors (Lipinski definition) is 4. The number of likely N-dealkylation sites (N-methyl/N-ethyl adjacent to an activating group) is 1. The second-order valence-corrected chi connectivity index (χ2v) is 8.30. The van der Waals surface area contributed by atoms with E-state index in [2.05, 4.69) is 63.7 Å². The number of thiophene rings is 1. The van der Waals surface area contributed by atoms with Crippen LogP contribution in [0.25, 0.3) is 10.2 Å². The third-order valence-electron chi connectivity index (χ3n) is 5.64. The maximum atomic E-state index is 4.69. The van der Waals surface area contributed by atoms with Crippen LogP contribution in [0.3, 0.4) is 0 Å². The van der Waals surface area contributed by atoms with E-state index in [0.717, 1.165) is 17.9 Å². The Kier molecular flexibility index (Phi) is 3.75. The van der Waals surface area contributed by atoms with Gasteiger partial charge in [0.05, 0.1) is 0 Å². The Morgan fingerprint density at radius 2 is 2.00 bits per heavy atom. The van der Waals surface area contributed by atoms with E-state index in [1.165, 1.54) is 53.7 Å². The number of nitrogens with zero attached hydrogens (tertiary/aromatic N) is 3. The lowest BCUT2D eigenvalue weighted by atomic mass is 9.85. The SMILES string of the molecule is CN1Cc2cc(N3CCCC3)ccc2C(c2cnc3sccc3c2)C1. The molecule has 2 aromatic heterocycles. The van der Waals surface area contributed by atoms with Crippen LogP contribution in [0, 0.1) is 0 Å². The summed E-state index contributed by atoms with van der Waals surface area (Å²) in [6, 6.07) is 11.7. The molecule has 0 aliphatic carbocycles. The monoisotopic (exact) mass is 349 g/mol. The van der Waals surface area contributed by atoms with Crippen LogP contribution in [-0.4, -0.2) is 36.6 Å². The summed E-state index contributed by atoms with van der Waals surface area (Å²) in [5.74, 6) is 0.415. The summed E-state index contributed by atoms with van der Waals surface area (Å²) in [6.45, 7) is 4.52. The molecule has 0 radical (unpaired) electrons. The minimum Gasteiger partial charge on any atom is -0.372 e. The second-order valence-electron chi connectivity index (χ2n) is 7.41. The van der Waals surface area contributed by atoms with E-state index in [0.29, 0.717) is 5.92 Å². The fraction of sp³-hybridized carbons (Fsp3) is 0.381. The Labute approximate surface area is 152 Å². The Morgan fingerprint density at radius 3 is 2.88 bits per heavy atom. The van der Waals surface area contributed by atoms with Crippen LogP contribution in [0.2, 0.25) is 0 Å². The molecular formula is C21H23N3S. The summed E-state index contributed by atoms with van der Waals surface area (Å²) in [5.41, 5.74) is 5.70. The van der Waals surface area contributed by atoms with Gasteiger partial charge >= 0.3 is 0 Å². The molecule has 5 rings (SSSR count). The fourth-order valence-corrected chi connectivity index (χ4v) is 5.08. The molecule has 1 atom stereocenters. The lowest BCUT2D eigenvalue weighted by molar-refractivity contribution is 0.295.